The summed E-state index contributed by atoms with van der Waals surface area (Å²) >= 11 is 3.41. The molecule has 96 valence electrons. The number of nitrogens with zero attached hydrogens (tertiary/aromatic N) is 4. The van der Waals surface area contributed by atoms with Gasteiger partial charge in [0, 0.05) is 12.1 Å². The molecule has 0 aromatic carbocycles. The van der Waals surface area contributed by atoms with Crippen LogP contribution in [0.4, 0.5) is 0 Å². The van der Waals surface area contributed by atoms with Crippen LogP contribution in [0.2, 0.25) is 0 Å². The largest absolute Gasteiger partial charge is 0.423 e. The molecule has 0 atom stereocenters. The summed E-state index contributed by atoms with van der Waals surface area (Å²) in [6.07, 6.45) is 0.677. The fraction of sp³-hybridized carbons (Fsp3) is 0.455. The van der Waals surface area contributed by atoms with Gasteiger partial charge in [0.2, 0.25) is 11.8 Å². The normalized spacial score (nSPS) is 10.9. The zero-order chi connectivity index (χ0) is 13.3. The van der Waals surface area contributed by atoms with Gasteiger partial charge in [0.25, 0.3) is 0 Å². The molecular weight excluding hydrogens is 300 g/mol. The van der Waals surface area contributed by atoms with Gasteiger partial charge in [-0.2, -0.15) is 4.98 Å². The van der Waals surface area contributed by atoms with Crippen molar-refractivity contribution in [2.24, 2.45) is 0 Å². The Hall–Kier alpha value is -1.50. The quantitative estimate of drug-likeness (QED) is 0.861. The van der Waals surface area contributed by atoms with Crippen LogP contribution in [0, 0.1) is 13.8 Å². The predicted molar refractivity (Wildman–Crippen MR) is 68.4 cm³/mol. The summed E-state index contributed by atoms with van der Waals surface area (Å²) in [6.45, 7) is 5.80. The Kier molecular flexibility index (Phi) is 3.60. The van der Waals surface area contributed by atoms with E-state index >= 15 is 0 Å². The third-order valence-electron chi connectivity index (χ3n) is 2.64. The van der Waals surface area contributed by atoms with E-state index in [0.29, 0.717) is 23.9 Å². The first-order valence-electron chi connectivity index (χ1n) is 5.57. The van der Waals surface area contributed by atoms with E-state index < -0.39 is 0 Å². The molecule has 2 heterocycles. The third-order valence-corrected chi connectivity index (χ3v) is 3.79. The van der Waals surface area contributed by atoms with Crippen LogP contribution in [0.15, 0.2) is 13.7 Å². The molecule has 6 nitrogen and oxygen atoms in total. The third kappa shape index (κ3) is 2.35. The van der Waals surface area contributed by atoms with E-state index in [1.165, 1.54) is 4.57 Å². The summed E-state index contributed by atoms with van der Waals surface area (Å²) in [5, 5.41) is 7.76. The molecule has 2 aromatic heterocycles. The van der Waals surface area contributed by atoms with E-state index in [2.05, 4.69) is 31.1 Å². The van der Waals surface area contributed by atoms with Gasteiger partial charge in [0.15, 0.2) is 0 Å². The van der Waals surface area contributed by atoms with Crippen molar-refractivity contribution in [1.29, 1.82) is 0 Å². The van der Waals surface area contributed by atoms with Crippen LogP contribution in [0.5, 0.6) is 0 Å². The van der Waals surface area contributed by atoms with Crippen LogP contribution in [0.3, 0.4) is 0 Å². The maximum Gasteiger partial charge on any atom is 0.348 e. The standard InChI is InChI=1S/C11H13BrN4O2/c1-4-8-14-15-9(18-8)5-16-7(3)10(12)6(2)13-11(16)17/h4-5H2,1-3H3. The van der Waals surface area contributed by atoms with E-state index in [9.17, 15) is 4.79 Å². The Balaban J connectivity index is 2.40. The molecule has 0 radical (unpaired) electrons. The molecule has 0 amide bonds. The van der Waals surface area contributed by atoms with Gasteiger partial charge in [-0.15, -0.1) is 10.2 Å². The SMILES string of the molecule is CCc1nnc(Cn2c(C)c(Br)c(C)nc2=O)o1. The molecular formula is C11H13BrN4O2. The average Bonchev–Trinajstić information content (AvgIpc) is 2.80. The van der Waals surface area contributed by atoms with Crippen LogP contribution in [0.1, 0.15) is 30.1 Å². The smallest absolute Gasteiger partial charge is 0.348 e. The van der Waals surface area contributed by atoms with Crippen LogP contribution in [-0.4, -0.2) is 19.7 Å². The fourth-order valence-corrected chi connectivity index (χ4v) is 1.90. The van der Waals surface area contributed by atoms with Crippen molar-refractivity contribution in [3.05, 3.63) is 38.1 Å². The molecule has 0 spiro atoms. The van der Waals surface area contributed by atoms with Crippen LogP contribution >= 0.6 is 15.9 Å². The summed E-state index contributed by atoms with van der Waals surface area (Å²) < 4.78 is 7.71. The van der Waals surface area contributed by atoms with Crippen molar-refractivity contribution >= 4 is 15.9 Å². The van der Waals surface area contributed by atoms with Gasteiger partial charge in [-0.3, -0.25) is 4.57 Å². The highest BCUT2D eigenvalue weighted by Crippen LogP contribution is 2.17. The Bertz CT molecular complexity index is 632. The highest BCUT2D eigenvalue weighted by molar-refractivity contribution is 9.10. The molecule has 0 N–H and O–H groups in total. The maximum absolute atomic E-state index is 11.8. The number of aromatic nitrogens is 4. The van der Waals surface area contributed by atoms with Gasteiger partial charge in [-0.25, -0.2) is 4.79 Å². The van der Waals surface area contributed by atoms with Crippen molar-refractivity contribution in [2.75, 3.05) is 0 Å². The topological polar surface area (TPSA) is 73.8 Å². The Labute approximate surface area is 112 Å². The van der Waals surface area contributed by atoms with Crippen LogP contribution in [-0.2, 0) is 13.0 Å². The van der Waals surface area contributed by atoms with Crippen molar-refractivity contribution in [3.63, 3.8) is 0 Å². The highest BCUT2D eigenvalue weighted by Gasteiger charge is 2.12. The molecule has 0 aliphatic rings. The second-order valence-electron chi connectivity index (χ2n) is 3.91. The lowest BCUT2D eigenvalue weighted by Gasteiger charge is -2.09. The Morgan fingerprint density at radius 2 is 1.94 bits per heavy atom. The minimum Gasteiger partial charge on any atom is -0.423 e. The number of rotatable bonds is 3. The molecule has 0 saturated heterocycles. The molecule has 0 aliphatic carbocycles. The number of aryl methyl sites for hydroxylation is 2. The van der Waals surface area contributed by atoms with Gasteiger partial charge >= 0.3 is 5.69 Å². The molecule has 0 unspecified atom stereocenters. The summed E-state index contributed by atoms with van der Waals surface area (Å²) in [6, 6.07) is 0. The highest BCUT2D eigenvalue weighted by atomic mass is 79.9. The second-order valence-corrected chi connectivity index (χ2v) is 4.70. The first-order chi connectivity index (χ1) is 8.52. The van der Waals surface area contributed by atoms with E-state index in [-0.39, 0.29) is 12.2 Å². The Morgan fingerprint density at radius 3 is 2.56 bits per heavy atom. The second kappa shape index (κ2) is 5.01. The number of hydrogen-bond acceptors (Lipinski definition) is 5. The minimum atomic E-state index is -0.315. The summed E-state index contributed by atoms with van der Waals surface area (Å²) in [5.74, 6) is 0.976. The lowest BCUT2D eigenvalue weighted by atomic mass is 10.3. The van der Waals surface area contributed by atoms with Gasteiger partial charge < -0.3 is 4.42 Å². The predicted octanol–water partition coefficient (Wildman–Crippen LogP) is 1.62. The first kappa shape index (κ1) is 12.9. The van der Waals surface area contributed by atoms with Crippen molar-refractivity contribution in [2.45, 2.75) is 33.7 Å². The van der Waals surface area contributed by atoms with Gasteiger partial charge in [-0.05, 0) is 29.8 Å². The maximum atomic E-state index is 11.8. The lowest BCUT2D eigenvalue weighted by molar-refractivity contribution is 0.435. The van der Waals surface area contributed by atoms with Crippen LogP contribution in [0.25, 0.3) is 0 Å². The van der Waals surface area contributed by atoms with Gasteiger partial charge in [0.05, 0.1) is 10.2 Å². The molecule has 0 fully saturated rings. The number of halogens is 1. The average molecular weight is 313 g/mol. The zero-order valence-electron chi connectivity index (χ0n) is 10.4. The van der Waals surface area contributed by atoms with Crippen LogP contribution < -0.4 is 5.69 Å². The van der Waals surface area contributed by atoms with Gasteiger partial charge in [-0.1, -0.05) is 6.92 Å². The molecule has 0 bridgehead atoms. The lowest BCUT2D eigenvalue weighted by Crippen LogP contribution is -2.27. The van der Waals surface area contributed by atoms with Crippen molar-refractivity contribution < 1.29 is 4.42 Å². The minimum absolute atomic E-state index is 0.240. The molecule has 18 heavy (non-hydrogen) atoms. The number of hydrogen-bond donors (Lipinski definition) is 0. The van der Waals surface area contributed by atoms with E-state index in [0.717, 1.165) is 10.2 Å². The Morgan fingerprint density at radius 1 is 1.28 bits per heavy atom. The van der Waals surface area contributed by atoms with Gasteiger partial charge in [0.1, 0.15) is 6.54 Å². The fourth-order valence-electron chi connectivity index (χ4n) is 1.59. The van der Waals surface area contributed by atoms with E-state index in [4.69, 9.17) is 4.42 Å². The summed E-state index contributed by atoms with van der Waals surface area (Å²) in [4.78, 5) is 15.8. The zero-order valence-corrected chi connectivity index (χ0v) is 12.0. The monoisotopic (exact) mass is 312 g/mol. The summed E-state index contributed by atoms with van der Waals surface area (Å²) in [5.41, 5.74) is 1.15. The van der Waals surface area contributed by atoms with E-state index in [1.54, 1.807) is 6.92 Å². The van der Waals surface area contributed by atoms with Crippen molar-refractivity contribution in [1.82, 2.24) is 19.7 Å². The molecule has 2 aromatic rings. The molecule has 0 saturated carbocycles. The molecule has 2 rings (SSSR count). The first-order valence-corrected chi connectivity index (χ1v) is 6.37. The molecule has 0 aliphatic heterocycles. The summed E-state index contributed by atoms with van der Waals surface area (Å²) in [7, 11) is 0. The molecule has 7 heteroatoms. The van der Waals surface area contributed by atoms with E-state index in [1.807, 2.05) is 13.8 Å². The van der Waals surface area contributed by atoms with Crippen molar-refractivity contribution in [3.8, 4) is 0 Å².